The van der Waals surface area contributed by atoms with E-state index in [1.54, 1.807) is 25.7 Å². The van der Waals surface area contributed by atoms with Crippen LogP contribution in [-0.2, 0) is 14.8 Å². The third kappa shape index (κ3) is 7.82. The summed E-state index contributed by atoms with van der Waals surface area (Å²) in [4.78, 5) is 22.0. The number of ether oxygens (including phenoxy) is 3. The molecule has 0 radical (unpaired) electrons. The Morgan fingerprint density at radius 3 is 1.97 bits per heavy atom. The summed E-state index contributed by atoms with van der Waals surface area (Å²) in [6.07, 6.45) is -2.87. The highest BCUT2D eigenvalue weighted by Gasteiger charge is 2.39. The lowest BCUT2D eigenvalue weighted by molar-refractivity contribution is -0.107. The summed E-state index contributed by atoms with van der Waals surface area (Å²) in [5.74, 6) is -1.23. The molecule has 2 fully saturated rings. The minimum absolute atomic E-state index is 0.0611. The molecule has 0 bridgehead atoms. The molecular formula is C21H31F3N4O6S. The van der Waals surface area contributed by atoms with Gasteiger partial charge in [0, 0.05) is 39.0 Å². The molecule has 0 aromatic carbocycles. The Kier molecular flexibility index (Phi) is 8.67. The predicted molar refractivity (Wildman–Crippen MR) is 119 cm³/mol. The summed E-state index contributed by atoms with van der Waals surface area (Å²) in [6.45, 7) is 6.21. The van der Waals surface area contributed by atoms with Crippen LogP contribution in [-0.4, -0.2) is 90.1 Å². The van der Waals surface area contributed by atoms with E-state index < -0.39 is 28.1 Å². The summed E-state index contributed by atoms with van der Waals surface area (Å²) in [5.41, 5.74) is 0.571. The summed E-state index contributed by atoms with van der Waals surface area (Å²) in [7, 11) is -4.41. The molecule has 2 aliphatic heterocycles. The SMILES string of the molecule is Cc1c(OC2CCN(C(=O)OC(C)C)CC2)ncnc1OC1CCN(S(=O)(=O)CC(F)(F)F)CC1. The maximum absolute atomic E-state index is 12.5. The number of amides is 1. The van der Waals surface area contributed by atoms with Crippen molar-refractivity contribution in [3.05, 3.63) is 11.9 Å². The summed E-state index contributed by atoms with van der Waals surface area (Å²) in [6, 6.07) is 0. The van der Waals surface area contributed by atoms with Crippen molar-refractivity contribution in [1.82, 2.24) is 19.2 Å². The van der Waals surface area contributed by atoms with E-state index >= 15 is 0 Å². The second-order valence-electron chi connectivity index (χ2n) is 8.93. The second-order valence-corrected chi connectivity index (χ2v) is 10.9. The molecule has 0 aliphatic carbocycles. The van der Waals surface area contributed by atoms with Crippen molar-refractivity contribution >= 4 is 16.1 Å². The number of hydrogen-bond acceptors (Lipinski definition) is 8. The number of likely N-dealkylation sites (tertiary alicyclic amines) is 1. The Bertz CT molecular complexity index is 976. The van der Waals surface area contributed by atoms with Crippen LogP contribution >= 0.6 is 0 Å². The average Bonchev–Trinajstić information content (AvgIpc) is 2.75. The van der Waals surface area contributed by atoms with E-state index in [-0.39, 0.29) is 50.1 Å². The fraction of sp³-hybridized carbons (Fsp3) is 0.762. The minimum atomic E-state index is -4.78. The van der Waals surface area contributed by atoms with E-state index in [4.69, 9.17) is 14.2 Å². The van der Waals surface area contributed by atoms with Gasteiger partial charge < -0.3 is 19.1 Å². The maximum atomic E-state index is 12.5. The zero-order valence-corrected chi connectivity index (χ0v) is 20.8. The van der Waals surface area contributed by atoms with Gasteiger partial charge in [0.15, 0.2) is 5.75 Å². The summed E-state index contributed by atoms with van der Waals surface area (Å²) in [5, 5.41) is 0. The van der Waals surface area contributed by atoms with E-state index in [9.17, 15) is 26.4 Å². The number of carbonyl (C=O) groups is 1. The van der Waals surface area contributed by atoms with Crippen molar-refractivity contribution in [1.29, 1.82) is 0 Å². The van der Waals surface area contributed by atoms with Gasteiger partial charge >= 0.3 is 12.3 Å². The van der Waals surface area contributed by atoms with Gasteiger partial charge in [0.25, 0.3) is 0 Å². The van der Waals surface area contributed by atoms with Crippen LogP contribution in [0.4, 0.5) is 18.0 Å². The molecule has 1 amide bonds. The molecule has 14 heteroatoms. The highest BCUT2D eigenvalue weighted by molar-refractivity contribution is 7.89. The number of sulfonamides is 1. The molecule has 0 spiro atoms. The number of hydrogen-bond donors (Lipinski definition) is 0. The molecule has 1 aromatic rings. The van der Waals surface area contributed by atoms with Gasteiger partial charge in [-0.2, -0.15) is 13.2 Å². The van der Waals surface area contributed by atoms with Gasteiger partial charge in [0.2, 0.25) is 21.8 Å². The van der Waals surface area contributed by atoms with Crippen molar-refractivity contribution in [2.75, 3.05) is 31.9 Å². The van der Waals surface area contributed by atoms with Crippen molar-refractivity contribution in [2.45, 2.75) is 70.9 Å². The number of nitrogens with zero attached hydrogens (tertiary/aromatic N) is 4. The lowest BCUT2D eigenvalue weighted by Crippen LogP contribution is -2.45. The Hall–Kier alpha value is -2.35. The number of carbonyl (C=O) groups excluding carboxylic acids is 1. The number of alkyl halides is 3. The van der Waals surface area contributed by atoms with Gasteiger partial charge in [0.05, 0.1) is 11.7 Å². The molecule has 35 heavy (non-hydrogen) atoms. The van der Waals surface area contributed by atoms with Gasteiger partial charge in [0.1, 0.15) is 18.5 Å². The molecular weight excluding hydrogens is 493 g/mol. The molecule has 2 aliphatic rings. The van der Waals surface area contributed by atoms with Crippen molar-refractivity contribution in [2.24, 2.45) is 0 Å². The molecule has 0 N–H and O–H groups in total. The summed E-state index contributed by atoms with van der Waals surface area (Å²) < 4.78 is 79.6. The molecule has 198 valence electrons. The van der Waals surface area contributed by atoms with Crippen LogP contribution in [0.1, 0.15) is 45.1 Å². The fourth-order valence-electron chi connectivity index (χ4n) is 3.93. The maximum Gasteiger partial charge on any atom is 0.410 e. The Labute approximate surface area is 202 Å². The van der Waals surface area contributed by atoms with Crippen molar-refractivity contribution in [3.8, 4) is 11.8 Å². The Morgan fingerprint density at radius 1 is 1.03 bits per heavy atom. The molecule has 3 rings (SSSR count). The first-order chi connectivity index (χ1) is 16.3. The zero-order chi connectivity index (χ0) is 25.8. The van der Waals surface area contributed by atoms with Crippen LogP contribution in [0.2, 0.25) is 0 Å². The van der Waals surface area contributed by atoms with Crippen LogP contribution in [0.3, 0.4) is 0 Å². The molecule has 0 atom stereocenters. The van der Waals surface area contributed by atoms with Crippen LogP contribution < -0.4 is 9.47 Å². The smallest absolute Gasteiger partial charge is 0.410 e. The molecule has 10 nitrogen and oxygen atoms in total. The standard InChI is InChI=1S/C21H31F3N4O6S/c1-14(2)32-20(29)27-8-4-16(5-9-27)33-18-15(3)19(26-13-25-18)34-17-6-10-28(11-7-17)35(30,31)12-21(22,23)24/h13-14,16-17H,4-12H2,1-3H3. The van der Waals surface area contributed by atoms with E-state index in [1.165, 1.54) is 6.33 Å². The topological polar surface area (TPSA) is 111 Å². The first-order valence-corrected chi connectivity index (χ1v) is 13.1. The van der Waals surface area contributed by atoms with Crippen molar-refractivity contribution < 1.29 is 40.6 Å². The van der Waals surface area contributed by atoms with Crippen LogP contribution in [0.15, 0.2) is 6.33 Å². The first-order valence-electron chi connectivity index (χ1n) is 11.5. The molecule has 0 saturated carbocycles. The third-order valence-corrected chi connectivity index (χ3v) is 7.57. The minimum Gasteiger partial charge on any atom is -0.474 e. The monoisotopic (exact) mass is 524 g/mol. The Morgan fingerprint density at radius 2 is 1.51 bits per heavy atom. The van der Waals surface area contributed by atoms with Crippen LogP contribution in [0, 0.1) is 6.92 Å². The van der Waals surface area contributed by atoms with E-state index in [0.29, 0.717) is 37.4 Å². The highest BCUT2D eigenvalue weighted by atomic mass is 32.2. The van der Waals surface area contributed by atoms with E-state index in [0.717, 1.165) is 4.31 Å². The summed E-state index contributed by atoms with van der Waals surface area (Å²) >= 11 is 0. The van der Waals surface area contributed by atoms with E-state index in [1.807, 2.05) is 0 Å². The van der Waals surface area contributed by atoms with Crippen LogP contribution in [0.5, 0.6) is 11.8 Å². The lowest BCUT2D eigenvalue weighted by Gasteiger charge is -2.32. The second kappa shape index (κ2) is 11.1. The average molecular weight is 525 g/mol. The number of piperidine rings is 2. The quantitative estimate of drug-likeness (QED) is 0.536. The zero-order valence-electron chi connectivity index (χ0n) is 20.0. The molecule has 0 unspecified atom stereocenters. The lowest BCUT2D eigenvalue weighted by atomic mass is 10.1. The van der Waals surface area contributed by atoms with Gasteiger partial charge in [-0.15, -0.1) is 0 Å². The van der Waals surface area contributed by atoms with Gasteiger partial charge in [-0.25, -0.2) is 27.5 Å². The fourth-order valence-corrected chi connectivity index (χ4v) is 5.29. The van der Waals surface area contributed by atoms with Crippen molar-refractivity contribution in [3.63, 3.8) is 0 Å². The van der Waals surface area contributed by atoms with Gasteiger partial charge in [-0.05, 0) is 33.6 Å². The Balaban J connectivity index is 1.52. The highest BCUT2D eigenvalue weighted by Crippen LogP contribution is 2.29. The number of rotatable bonds is 7. The molecule has 3 heterocycles. The van der Waals surface area contributed by atoms with E-state index in [2.05, 4.69) is 9.97 Å². The molecule has 2 saturated heterocycles. The first kappa shape index (κ1) is 27.2. The van der Waals surface area contributed by atoms with Crippen LogP contribution in [0.25, 0.3) is 0 Å². The largest absolute Gasteiger partial charge is 0.474 e. The third-order valence-electron chi connectivity index (χ3n) is 5.73. The van der Waals surface area contributed by atoms with Gasteiger partial charge in [-0.1, -0.05) is 0 Å². The molecule has 1 aromatic heterocycles. The van der Waals surface area contributed by atoms with Gasteiger partial charge in [-0.3, -0.25) is 0 Å². The normalized spacial score (nSPS) is 19.1. The predicted octanol–water partition coefficient (Wildman–Crippen LogP) is 2.91. The number of halogens is 3. The number of aromatic nitrogens is 2.